The number of aliphatic hydroxyl groups excluding tert-OH is 2. The number of fused-ring (bicyclic) bond motifs is 5. The van der Waals surface area contributed by atoms with Crippen LogP contribution in [-0.4, -0.2) is 34.5 Å². The summed E-state index contributed by atoms with van der Waals surface area (Å²) in [5.41, 5.74) is -0.0678. The van der Waals surface area contributed by atoms with Gasteiger partial charge in [-0.15, -0.1) is 0 Å². The number of halogens is 1. The van der Waals surface area contributed by atoms with Crippen LogP contribution in [0.4, 0.5) is 0 Å². The molecule has 0 radical (unpaired) electrons. The van der Waals surface area contributed by atoms with E-state index in [-0.39, 0.29) is 46.6 Å². The molecule has 0 aromatic rings. The first-order valence-corrected chi connectivity index (χ1v) is 10.2. The zero-order valence-electron chi connectivity index (χ0n) is 16.0. The Morgan fingerprint density at radius 3 is 2.74 bits per heavy atom. The Morgan fingerprint density at radius 2 is 2.07 bits per heavy atom. The van der Waals surface area contributed by atoms with Gasteiger partial charge in [0.1, 0.15) is 6.61 Å². The van der Waals surface area contributed by atoms with Crippen LogP contribution in [0.3, 0.4) is 0 Å². The third-order valence-corrected chi connectivity index (χ3v) is 8.28. The highest BCUT2D eigenvalue weighted by Gasteiger charge is 2.64. The number of ketones is 2. The summed E-state index contributed by atoms with van der Waals surface area (Å²) >= 11 is 6.63. The molecule has 0 bridgehead atoms. The number of carbonyl (C=O) groups is 2. The highest BCUT2D eigenvalue weighted by molar-refractivity contribution is 6.32. The topological polar surface area (TPSA) is 74.6 Å². The third kappa shape index (κ3) is 2.49. The Bertz CT molecular complexity index is 796. The zero-order chi connectivity index (χ0) is 19.7. The van der Waals surface area contributed by atoms with Gasteiger partial charge in [0.15, 0.2) is 11.6 Å². The fraction of sp³-hybridized carbons (Fsp3) is 0.636. The molecule has 146 valence electrons. The maximum atomic E-state index is 12.5. The van der Waals surface area contributed by atoms with Crippen LogP contribution in [0.15, 0.2) is 34.9 Å². The van der Waals surface area contributed by atoms with Crippen LogP contribution in [0.5, 0.6) is 0 Å². The molecule has 0 aromatic carbocycles. The van der Waals surface area contributed by atoms with E-state index in [1.807, 2.05) is 12.2 Å². The molecule has 0 saturated heterocycles. The van der Waals surface area contributed by atoms with Crippen molar-refractivity contribution in [2.75, 3.05) is 6.61 Å². The van der Waals surface area contributed by atoms with E-state index in [0.29, 0.717) is 11.5 Å². The Labute approximate surface area is 165 Å². The summed E-state index contributed by atoms with van der Waals surface area (Å²) in [6.45, 7) is 5.76. The van der Waals surface area contributed by atoms with Gasteiger partial charge in [-0.2, -0.15) is 0 Å². The average molecular weight is 391 g/mol. The summed E-state index contributed by atoms with van der Waals surface area (Å²) < 4.78 is 0. The summed E-state index contributed by atoms with van der Waals surface area (Å²) in [5.74, 6) is -0.132. The number of Topliss-reactive ketones (excluding diaryl/α,β-unsaturated/α-hetero) is 1. The summed E-state index contributed by atoms with van der Waals surface area (Å²) in [6.07, 6.45) is 7.86. The summed E-state index contributed by atoms with van der Waals surface area (Å²) in [5, 5.41) is 21.3. The lowest BCUT2D eigenvalue weighted by atomic mass is 9.48. The minimum absolute atomic E-state index is 0.0326. The van der Waals surface area contributed by atoms with Gasteiger partial charge in [0, 0.05) is 22.3 Å². The second-order valence-electron chi connectivity index (χ2n) is 9.39. The normalized spacial score (nSPS) is 48.3. The van der Waals surface area contributed by atoms with Gasteiger partial charge in [-0.1, -0.05) is 44.5 Å². The molecule has 0 unspecified atom stereocenters. The largest absolute Gasteiger partial charge is 0.393 e. The zero-order valence-corrected chi connectivity index (χ0v) is 16.7. The molecule has 4 nitrogen and oxygen atoms in total. The molecule has 0 heterocycles. The smallest absolute Gasteiger partial charge is 0.178 e. The van der Waals surface area contributed by atoms with Crippen molar-refractivity contribution in [3.8, 4) is 0 Å². The molecule has 0 aliphatic heterocycles. The van der Waals surface area contributed by atoms with Crippen LogP contribution in [0.25, 0.3) is 0 Å². The lowest BCUT2D eigenvalue weighted by molar-refractivity contribution is -0.137. The van der Waals surface area contributed by atoms with E-state index in [1.165, 1.54) is 0 Å². The van der Waals surface area contributed by atoms with Gasteiger partial charge < -0.3 is 10.2 Å². The molecule has 0 spiro atoms. The Balaban J connectivity index is 1.83. The lowest BCUT2D eigenvalue weighted by Crippen LogP contribution is -2.55. The number of rotatable bonds is 2. The molecule has 27 heavy (non-hydrogen) atoms. The van der Waals surface area contributed by atoms with Crippen molar-refractivity contribution in [1.29, 1.82) is 0 Å². The highest BCUT2D eigenvalue weighted by atomic mass is 35.5. The Kier molecular flexibility index (Phi) is 4.34. The Hall–Kier alpha value is -1.23. The molecular formula is C22H27ClO4. The van der Waals surface area contributed by atoms with Crippen LogP contribution in [0, 0.1) is 40.4 Å². The van der Waals surface area contributed by atoms with Crippen molar-refractivity contribution >= 4 is 23.2 Å². The van der Waals surface area contributed by atoms with E-state index in [1.54, 1.807) is 12.2 Å². The van der Waals surface area contributed by atoms with Gasteiger partial charge in [-0.3, -0.25) is 9.59 Å². The van der Waals surface area contributed by atoms with Gasteiger partial charge in [-0.05, 0) is 53.7 Å². The molecule has 0 aromatic heterocycles. The van der Waals surface area contributed by atoms with Crippen molar-refractivity contribution < 1.29 is 19.8 Å². The number of aliphatic hydroxyl groups is 2. The molecule has 4 aliphatic rings. The maximum absolute atomic E-state index is 12.5. The molecule has 2 fully saturated rings. The minimum Gasteiger partial charge on any atom is -0.393 e. The first-order valence-electron chi connectivity index (χ1n) is 9.78. The van der Waals surface area contributed by atoms with Crippen molar-refractivity contribution in [2.24, 2.45) is 40.4 Å². The van der Waals surface area contributed by atoms with Crippen LogP contribution >= 0.6 is 11.6 Å². The molecule has 5 heteroatoms. The minimum atomic E-state index is -0.609. The maximum Gasteiger partial charge on any atom is 0.178 e. The van der Waals surface area contributed by atoms with E-state index in [4.69, 9.17) is 11.6 Å². The first kappa shape index (κ1) is 19.1. The molecule has 2 saturated carbocycles. The van der Waals surface area contributed by atoms with Gasteiger partial charge in [0.25, 0.3) is 0 Å². The van der Waals surface area contributed by atoms with Crippen LogP contribution in [-0.2, 0) is 9.59 Å². The number of carbonyl (C=O) groups excluding carboxylic acids is 2. The van der Waals surface area contributed by atoms with Gasteiger partial charge in [0.05, 0.1) is 6.10 Å². The van der Waals surface area contributed by atoms with E-state index < -0.39 is 18.1 Å². The van der Waals surface area contributed by atoms with Crippen molar-refractivity contribution in [3.05, 3.63) is 34.9 Å². The fourth-order valence-corrected chi connectivity index (χ4v) is 7.42. The monoisotopic (exact) mass is 390 g/mol. The quantitative estimate of drug-likeness (QED) is 0.760. The van der Waals surface area contributed by atoms with E-state index in [2.05, 4.69) is 20.8 Å². The average Bonchev–Trinajstić information content (AvgIpc) is 2.85. The summed E-state index contributed by atoms with van der Waals surface area (Å²) in [4.78, 5) is 24.4. The Morgan fingerprint density at radius 1 is 1.37 bits per heavy atom. The summed E-state index contributed by atoms with van der Waals surface area (Å²) in [6, 6.07) is 0. The van der Waals surface area contributed by atoms with Crippen LogP contribution in [0.2, 0.25) is 0 Å². The first-order chi connectivity index (χ1) is 12.6. The predicted molar refractivity (Wildman–Crippen MR) is 103 cm³/mol. The van der Waals surface area contributed by atoms with Crippen LogP contribution < -0.4 is 0 Å². The summed E-state index contributed by atoms with van der Waals surface area (Å²) in [7, 11) is 0. The van der Waals surface area contributed by atoms with E-state index >= 15 is 0 Å². The molecular weight excluding hydrogens is 364 g/mol. The fourth-order valence-electron chi connectivity index (χ4n) is 7.02. The second-order valence-corrected chi connectivity index (χ2v) is 9.80. The molecule has 4 rings (SSSR count). The number of allylic oxidation sites excluding steroid dienone is 6. The van der Waals surface area contributed by atoms with Crippen molar-refractivity contribution in [1.82, 2.24) is 0 Å². The van der Waals surface area contributed by atoms with Gasteiger partial charge in [-0.25, -0.2) is 0 Å². The van der Waals surface area contributed by atoms with Gasteiger partial charge in [0.2, 0.25) is 0 Å². The number of hydrogen-bond acceptors (Lipinski definition) is 4. The van der Waals surface area contributed by atoms with Crippen molar-refractivity contribution in [3.63, 3.8) is 0 Å². The SMILES string of the molecule is C[C@@H]1C[C@H]2[C@@H]3C=C(Cl)C4=CC(=O)C=C[C@]4(C)[C@H]3[C@@H](O)C[C@]2(C)[C@H]1C(=O)CO. The predicted octanol–water partition coefficient (Wildman–Crippen LogP) is 3.03. The van der Waals surface area contributed by atoms with Gasteiger partial charge >= 0.3 is 0 Å². The standard InChI is InChI=1S/C22H27ClO4/c1-11-6-14-13-8-16(23)15-7-12(25)4-5-21(15,2)20(13)17(26)9-22(14,3)19(11)18(27)10-24/h4-5,7-8,11,13-14,17,19-20,24,26H,6,9-10H2,1-3H3/t11-,13+,14+,17+,19-,20-,21+,22+/m1/s1. The van der Waals surface area contributed by atoms with Crippen molar-refractivity contribution in [2.45, 2.75) is 39.7 Å². The molecule has 4 aliphatic carbocycles. The van der Waals surface area contributed by atoms with E-state index in [9.17, 15) is 19.8 Å². The third-order valence-electron chi connectivity index (χ3n) is 7.95. The second kappa shape index (κ2) is 6.13. The number of hydrogen-bond donors (Lipinski definition) is 2. The molecule has 2 N–H and O–H groups in total. The lowest BCUT2D eigenvalue weighted by Gasteiger charge is -2.57. The highest BCUT2D eigenvalue weighted by Crippen LogP contribution is 2.66. The van der Waals surface area contributed by atoms with Crippen LogP contribution in [0.1, 0.15) is 33.6 Å². The molecule has 8 atom stereocenters. The molecule has 0 amide bonds. The van der Waals surface area contributed by atoms with E-state index in [0.717, 1.165) is 12.0 Å².